The van der Waals surface area contributed by atoms with Crippen LogP contribution in [0.25, 0.3) is 0 Å². The SMILES string of the molecule is NC(O)(CCc1cccc(C(F)(F)C(F)(F)C(F)(F)F)c1)C(F)(F)F. The fourth-order valence-electron chi connectivity index (χ4n) is 1.76. The highest BCUT2D eigenvalue weighted by molar-refractivity contribution is 5.29. The summed E-state index contributed by atoms with van der Waals surface area (Å²) in [5.74, 6) is -12.0. The predicted octanol–water partition coefficient (Wildman–Crippen LogP) is 4.12. The summed E-state index contributed by atoms with van der Waals surface area (Å²) in [6, 6.07) is 2.07. The van der Waals surface area contributed by atoms with Gasteiger partial charge in [0.2, 0.25) is 5.72 Å². The third kappa shape index (κ3) is 4.17. The molecular formula is C13H11F10NO. The van der Waals surface area contributed by atoms with Gasteiger partial charge in [0, 0.05) is 12.0 Å². The van der Waals surface area contributed by atoms with Crippen molar-refractivity contribution in [3.05, 3.63) is 35.4 Å². The third-order valence-corrected chi connectivity index (χ3v) is 3.33. The zero-order chi connectivity index (χ0) is 19.9. The summed E-state index contributed by atoms with van der Waals surface area (Å²) < 4.78 is 127. The summed E-state index contributed by atoms with van der Waals surface area (Å²) in [5, 5.41) is 9.01. The summed E-state index contributed by atoms with van der Waals surface area (Å²) in [4.78, 5) is 0. The first-order valence-electron chi connectivity index (χ1n) is 6.43. The molecule has 0 spiro atoms. The van der Waals surface area contributed by atoms with Gasteiger partial charge < -0.3 is 5.11 Å². The molecule has 0 saturated carbocycles. The van der Waals surface area contributed by atoms with Gasteiger partial charge in [-0.15, -0.1) is 0 Å². The van der Waals surface area contributed by atoms with Crippen molar-refractivity contribution in [3.8, 4) is 0 Å². The molecule has 0 radical (unpaired) electrons. The molecule has 2 nitrogen and oxygen atoms in total. The molecule has 0 amide bonds. The zero-order valence-corrected chi connectivity index (χ0v) is 12.0. The van der Waals surface area contributed by atoms with Crippen LogP contribution in [-0.2, 0) is 12.3 Å². The van der Waals surface area contributed by atoms with Gasteiger partial charge in [-0.3, -0.25) is 5.73 Å². The normalized spacial score (nSPS) is 16.6. The molecule has 0 fully saturated rings. The number of aryl methyl sites for hydroxylation is 1. The largest absolute Gasteiger partial charge is 0.460 e. The Balaban J connectivity index is 3.10. The predicted molar refractivity (Wildman–Crippen MR) is 64.9 cm³/mol. The molecule has 12 heteroatoms. The Hall–Kier alpha value is -1.56. The van der Waals surface area contributed by atoms with E-state index in [4.69, 9.17) is 5.11 Å². The molecule has 144 valence electrons. The van der Waals surface area contributed by atoms with E-state index in [2.05, 4.69) is 5.73 Å². The van der Waals surface area contributed by atoms with Gasteiger partial charge in [-0.05, 0) is 18.1 Å². The monoisotopic (exact) mass is 387 g/mol. The van der Waals surface area contributed by atoms with Crippen molar-refractivity contribution >= 4 is 0 Å². The molecule has 0 bridgehead atoms. The molecule has 3 N–H and O–H groups in total. The number of nitrogens with two attached hydrogens (primary N) is 1. The lowest BCUT2D eigenvalue weighted by atomic mass is 9.96. The fraction of sp³-hybridized carbons (Fsp3) is 0.538. The van der Waals surface area contributed by atoms with Crippen LogP contribution in [0.3, 0.4) is 0 Å². The van der Waals surface area contributed by atoms with E-state index >= 15 is 0 Å². The molecule has 25 heavy (non-hydrogen) atoms. The first-order valence-corrected chi connectivity index (χ1v) is 6.43. The van der Waals surface area contributed by atoms with E-state index in [1.807, 2.05) is 0 Å². The molecule has 1 aromatic carbocycles. The van der Waals surface area contributed by atoms with Crippen molar-refractivity contribution in [1.82, 2.24) is 0 Å². The van der Waals surface area contributed by atoms with E-state index in [0.717, 1.165) is 6.07 Å². The first-order chi connectivity index (χ1) is 10.9. The van der Waals surface area contributed by atoms with Gasteiger partial charge in [0.15, 0.2) is 0 Å². The molecule has 1 aromatic rings. The Kier molecular flexibility index (Phi) is 5.42. The van der Waals surface area contributed by atoms with Gasteiger partial charge in [0.25, 0.3) is 0 Å². The smallest absolute Gasteiger partial charge is 0.368 e. The van der Waals surface area contributed by atoms with E-state index in [1.165, 1.54) is 0 Å². The van der Waals surface area contributed by atoms with Gasteiger partial charge in [0.1, 0.15) is 0 Å². The molecule has 0 aliphatic carbocycles. The van der Waals surface area contributed by atoms with Crippen molar-refractivity contribution in [2.45, 2.75) is 42.8 Å². The number of rotatable bonds is 5. The average Bonchev–Trinajstić information content (AvgIpc) is 2.43. The van der Waals surface area contributed by atoms with Crippen LogP contribution in [0.1, 0.15) is 17.5 Å². The number of halogens is 10. The summed E-state index contributed by atoms with van der Waals surface area (Å²) in [7, 11) is 0. The number of benzene rings is 1. The van der Waals surface area contributed by atoms with Crippen molar-refractivity contribution in [2.75, 3.05) is 0 Å². The highest BCUT2D eigenvalue weighted by Crippen LogP contribution is 2.51. The second kappa shape index (κ2) is 6.31. The fourth-order valence-corrected chi connectivity index (χ4v) is 1.76. The maximum atomic E-state index is 13.5. The van der Waals surface area contributed by atoms with Gasteiger partial charge in [-0.2, -0.15) is 43.9 Å². The van der Waals surface area contributed by atoms with Gasteiger partial charge >= 0.3 is 24.2 Å². The minimum Gasteiger partial charge on any atom is -0.368 e. The second-order valence-electron chi connectivity index (χ2n) is 5.27. The molecule has 1 unspecified atom stereocenters. The summed E-state index contributed by atoms with van der Waals surface area (Å²) in [6.45, 7) is 0. The Morgan fingerprint density at radius 3 is 1.80 bits per heavy atom. The van der Waals surface area contributed by atoms with Crippen LogP contribution in [0.4, 0.5) is 43.9 Å². The van der Waals surface area contributed by atoms with Crippen LogP contribution < -0.4 is 5.73 Å². The van der Waals surface area contributed by atoms with Crippen LogP contribution in [0, 0.1) is 0 Å². The molecule has 0 aromatic heterocycles. The Morgan fingerprint density at radius 2 is 1.36 bits per heavy atom. The molecule has 1 atom stereocenters. The van der Waals surface area contributed by atoms with E-state index in [-0.39, 0.29) is 12.1 Å². The minimum absolute atomic E-state index is 0.201. The summed E-state index contributed by atoms with van der Waals surface area (Å²) in [6.07, 6.45) is -13.8. The van der Waals surface area contributed by atoms with Crippen LogP contribution in [-0.4, -0.2) is 29.1 Å². The summed E-state index contributed by atoms with van der Waals surface area (Å²) in [5.41, 5.74) is -1.25. The van der Waals surface area contributed by atoms with E-state index < -0.39 is 53.9 Å². The quantitative estimate of drug-likeness (QED) is 0.590. The highest BCUT2D eigenvalue weighted by Gasteiger charge is 2.73. The average molecular weight is 387 g/mol. The highest BCUT2D eigenvalue weighted by atomic mass is 19.4. The molecule has 0 aliphatic rings. The number of alkyl halides is 10. The number of aliphatic hydroxyl groups is 1. The molecule has 0 aliphatic heterocycles. The Labute approximate surface area is 134 Å². The topological polar surface area (TPSA) is 46.2 Å². The van der Waals surface area contributed by atoms with Crippen LogP contribution in [0.15, 0.2) is 24.3 Å². The maximum absolute atomic E-state index is 13.5. The van der Waals surface area contributed by atoms with E-state index in [1.54, 1.807) is 0 Å². The Bertz CT molecular complexity index is 606. The minimum atomic E-state index is -6.54. The van der Waals surface area contributed by atoms with Gasteiger partial charge in [-0.25, -0.2) is 0 Å². The standard InChI is InChI=1S/C13H11F10NO/c14-10(15,11(16,17)13(21,22)23)8-3-1-2-7(6-8)4-5-9(24,25)12(18,19)20/h1-3,6,25H,4-5,24H2. The van der Waals surface area contributed by atoms with Gasteiger partial charge in [-0.1, -0.05) is 18.2 Å². The van der Waals surface area contributed by atoms with E-state index in [0.29, 0.717) is 6.07 Å². The molecule has 1 rings (SSSR count). The van der Waals surface area contributed by atoms with E-state index in [9.17, 15) is 43.9 Å². The summed E-state index contributed by atoms with van der Waals surface area (Å²) >= 11 is 0. The number of hydrogen-bond acceptors (Lipinski definition) is 2. The lowest BCUT2D eigenvalue weighted by Gasteiger charge is -2.29. The molecule has 0 heterocycles. The third-order valence-electron chi connectivity index (χ3n) is 3.33. The van der Waals surface area contributed by atoms with Crippen LogP contribution in [0.5, 0.6) is 0 Å². The molecular weight excluding hydrogens is 376 g/mol. The lowest BCUT2D eigenvalue weighted by Crippen LogP contribution is -2.53. The lowest BCUT2D eigenvalue weighted by molar-refractivity contribution is -0.359. The Morgan fingerprint density at radius 1 is 0.840 bits per heavy atom. The maximum Gasteiger partial charge on any atom is 0.460 e. The first kappa shape index (κ1) is 21.5. The number of hydrogen-bond donors (Lipinski definition) is 2. The van der Waals surface area contributed by atoms with Crippen molar-refractivity contribution in [1.29, 1.82) is 0 Å². The van der Waals surface area contributed by atoms with Crippen molar-refractivity contribution in [2.24, 2.45) is 5.73 Å². The second-order valence-corrected chi connectivity index (χ2v) is 5.27. The van der Waals surface area contributed by atoms with Crippen LogP contribution >= 0.6 is 0 Å². The zero-order valence-electron chi connectivity index (χ0n) is 12.0. The van der Waals surface area contributed by atoms with Crippen molar-refractivity contribution < 1.29 is 49.0 Å². The molecule has 0 saturated heterocycles. The van der Waals surface area contributed by atoms with Crippen LogP contribution in [0.2, 0.25) is 0 Å². The van der Waals surface area contributed by atoms with Crippen molar-refractivity contribution in [3.63, 3.8) is 0 Å². The van der Waals surface area contributed by atoms with Gasteiger partial charge in [0.05, 0.1) is 0 Å².